The number of methoxy groups -OCH3 is 1. The Kier molecular flexibility index (Phi) is 3.80. The first-order valence-electron chi connectivity index (χ1n) is 8.14. The lowest BCUT2D eigenvalue weighted by Crippen LogP contribution is -2.53. The van der Waals surface area contributed by atoms with Crippen LogP contribution in [0.1, 0.15) is 13.3 Å². The smallest absolute Gasteiger partial charge is 0.317 e. The summed E-state index contributed by atoms with van der Waals surface area (Å²) in [7, 11) is 1.69. The van der Waals surface area contributed by atoms with Crippen LogP contribution in [0, 0.1) is 0 Å². The van der Waals surface area contributed by atoms with Crippen molar-refractivity contribution in [2.45, 2.75) is 25.0 Å². The van der Waals surface area contributed by atoms with E-state index in [9.17, 15) is 4.79 Å². The predicted octanol–water partition coefficient (Wildman–Crippen LogP) is 1.70. The van der Waals surface area contributed by atoms with Crippen molar-refractivity contribution < 1.29 is 9.53 Å². The summed E-state index contributed by atoms with van der Waals surface area (Å²) in [6, 6.07) is 2.14. The number of ether oxygens (including phenoxy) is 1. The molecule has 2 aliphatic rings. The highest BCUT2D eigenvalue weighted by atomic mass is 32.1. The minimum atomic E-state index is -0.191. The van der Waals surface area contributed by atoms with E-state index in [2.05, 4.69) is 20.2 Å². The number of rotatable bonds is 3. The SMILES string of the molecule is CO[C@@]1(C)C[C@H]1NC(=O)N1CCN(c2ncnc3ccsc23)CC1. The summed E-state index contributed by atoms with van der Waals surface area (Å²) >= 11 is 1.66. The highest BCUT2D eigenvalue weighted by Crippen LogP contribution is 2.38. The topological polar surface area (TPSA) is 70.6 Å². The number of anilines is 1. The summed E-state index contributed by atoms with van der Waals surface area (Å²) in [6.07, 6.45) is 2.49. The van der Waals surface area contributed by atoms with Gasteiger partial charge in [-0.1, -0.05) is 0 Å². The van der Waals surface area contributed by atoms with Crippen LogP contribution in [0.15, 0.2) is 17.8 Å². The second-order valence-corrected chi connectivity index (χ2v) is 7.45. The van der Waals surface area contributed by atoms with E-state index in [1.54, 1.807) is 24.8 Å². The first kappa shape index (κ1) is 15.6. The van der Waals surface area contributed by atoms with Gasteiger partial charge in [-0.05, 0) is 18.4 Å². The minimum absolute atomic E-state index is 0.00406. The fraction of sp³-hybridized carbons (Fsp3) is 0.562. The number of amides is 2. The van der Waals surface area contributed by atoms with E-state index in [1.807, 2.05) is 23.3 Å². The maximum absolute atomic E-state index is 12.4. The van der Waals surface area contributed by atoms with Gasteiger partial charge in [0.05, 0.1) is 21.9 Å². The number of piperazine rings is 1. The van der Waals surface area contributed by atoms with E-state index in [0.29, 0.717) is 13.1 Å². The van der Waals surface area contributed by atoms with Crippen LogP contribution in [0.25, 0.3) is 10.2 Å². The Morgan fingerprint density at radius 2 is 2.17 bits per heavy atom. The van der Waals surface area contributed by atoms with Crippen molar-refractivity contribution in [3.05, 3.63) is 17.8 Å². The van der Waals surface area contributed by atoms with Crippen molar-refractivity contribution in [2.24, 2.45) is 0 Å². The molecule has 1 saturated heterocycles. The fourth-order valence-electron chi connectivity index (χ4n) is 3.14. The van der Waals surface area contributed by atoms with Crippen LogP contribution in [0.2, 0.25) is 0 Å². The molecule has 0 bridgehead atoms. The highest BCUT2D eigenvalue weighted by Gasteiger charge is 2.52. The van der Waals surface area contributed by atoms with Gasteiger partial charge in [-0.3, -0.25) is 0 Å². The molecule has 2 amide bonds. The molecule has 0 spiro atoms. The van der Waals surface area contributed by atoms with Crippen LogP contribution in [0.5, 0.6) is 0 Å². The van der Waals surface area contributed by atoms with Crippen LogP contribution < -0.4 is 10.2 Å². The Balaban J connectivity index is 1.37. The molecule has 1 aliphatic carbocycles. The molecule has 1 N–H and O–H groups in total. The molecule has 1 saturated carbocycles. The molecule has 2 fully saturated rings. The zero-order valence-corrected chi connectivity index (χ0v) is 14.7. The number of carbonyl (C=O) groups excluding carboxylic acids is 1. The van der Waals surface area contributed by atoms with E-state index < -0.39 is 0 Å². The summed E-state index contributed by atoms with van der Waals surface area (Å²) in [5.41, 5.74) is 0.793. The predicted molar refractivity (Wildman–Crippen MR) is 93.6 cm³/mol. The van der Waals surface area contributed by atoms with Gasteiger partial charge in [-0.15, -0.1) is 11.3 Å². The van der Waals surface area contributed by atoms with Gasteiger partial charge in [0.2, 0.25) is 0 Å². The largest absolute Gasteiger partial charge is 0.376 e. The number of urea groups is 1. The van der Waals surface area contributed by atoms with E-state index in [1.165, 1.54) is 0 Å². The summed E-state index contributed by atoms with van der Waals surface area (Å²) < 4.78 is 6.52. The van der Waals surface area contributed by atoms with Gasteiger partial charge >= 0.3 is 6.03 Å². The number of aromatic nitrogens is 2. The van der Waals surface area contributed by atoms with Crippen molar-refractivity contribution in [3.8, 4) is 0 Å². The van der Waals surface area contributed by atoms with Crippen molar-refractivity contribution in [2.75, 3.05) is 38.2 Å². The molecule has 24 heavy (non-hydrogen) atoms. The van der Waals surface area contributed by atoms with E-state index in [-0.39, 0.29) is 17.7 Å². The summed E-state index contributed by atoms with van der Waals surface area (Å²) in [5.74, 6) is 0.976. The van der Waals surface area contributed by atoms with Gasteiger partial charge in [-0.2, -0.15) is 0 Å². The fourth-order valence-corrected chi connectivity index (χ4v) is 4.00. The zero-order chi connectivity index (χ0) is 16.7. The molecule has 7 nitrogen and oxygen atoms in total. The second-order valence-electron chi connectivity index (χ2n) is 6.53. The lowest BCUT2D eigenvalue weighted by molar-refractivity contribution is 0.0869. The molecular weight excluding hydrogens is 326 g/mol. The molecule has 1 aliphatic heterocycles. The molecule has 2 aromatic heterocycles. The molecule has 0 unspecified atom stereocenters. The molecular formula is C16H21N5O2S. The van der Waals surface area contributed by atoms with Gasteiger partial charge in [-0.25, -0.2) is 14.8 Å². The average Bonchev–Trinajstić information content (AvgIpc) is 3.03. The number of thiophene rings is 1. The number of hydrogen-bond donors (Lipinski definition) is 1. The maximum Gasteiger partial charge on any atom is 0.317 e. The first-order chi connectivity index (χ1) is 11.6. The minimum Gasteiger partial charge on any atom is -0.376 e. The number of nitrogens with zero attached hydrogens (tertiary/aromatic N) is 4. The molecule has 8 heteroatoms. The Labute approximate surface area is 144 Å². The molecule has 128 valence electrons. The van der Waals surface area contributed by atoms with Gasteiger partial charge in [0, 0.05) is 39.7 Å². The van der Waals surface area contributed by atoms with Crippen molar-refractivity contribution in [3.63, 3.8) is 0 Å². The first-order valence-corrected chi connectivity index (χ1v) is 9.02. The quantitative estimate of drug-likeness (QED) is 0.915. The Hall–Kier alpha value is -1.93. The van der Waals surface area contributed by atoms with Crippen LogP contribution in [0.4, 0.5) is 10.6 Å². The van der Waals surface area contributed by atoms with E-state index >= 15 is 0 Å². The second kappa shape index (κ2) is 5.86. The molecule has 4 rings (SSSR count). The normalized spacial score (nSPS) is 26.7. The van der Waals surface area contributed by atoms with Crippen LogP contribution in [-0.4, -0.2) is 65.8 Å². The van der Waals surface area contributed by atoms with Crippen molar-refractivity contribution in [1.29, 1.82) is 0 Å². The van der Waals surface area contributed by atoms with Gasteiger partial charge in [0.1, 0.15) is 12.1 Å². The van der Waals surface area contributed by atoms with Crippen molar-refractivity contribution >= 4 is 33.4 Å². The summed E-state index contributed by atoms with van der Waals surface area (Å²) in [5, 5.41) is 5.10. The van der Waals surface area contributed by atoms with Crippen LogP contribution in [-0.2, 0) is 4.74 Å². The lowest BCUT2D eigenvalue weighted by Gasteiger charge is -2.35. The molecule has 0 aromatic carbocycles. The Morgan fingerprint density at radius 3 is 2.88 bits per heavy atom. The average molecular weight is 347 g/mol. The molecule has 3 heterocycles. The summed E-state index contributed by atoms with van der Waals surface area (Å²) in [6.45, 7) is 4.98. The van der Waals surface area contributed by atoms with Gasteiger partial charge < -0.3 is 19.9 Å². The number of nitrogens with one attached hydrogen (secondary N) is 1. The molecule has 2 atom stereocenters. The van der Waals surface area contributed by atoms with E-state index in [4.69, 9.17) is 4.74 Å². The molecule has 2 aromatic rings. The number of hydrogen-bond acceptors (Lipinski definition) is 6. The van der Waals surface area contributed by atoms with E-state index in [0.717, 1.165) is 35.5 Å². The Bertz CT molecular complexity index is 758. The third-order valence-corrected chi connectivity index (χ3v) is 5.94. The number of carbonyl (C=O) groups is 1. The zero-order valence-electron chi connectivity index (χ0n) is 13.9. The van der Waals surface area contributed by atoms with Crippen LogP contribution >= 0.6 is 11.3 Å². The van der Waals surface area contributed by atoms with Crippen LogP contribution in [0.3, 0.4) is 0 Å². The highest BCUT2D eigenvalue weighted by molar-refractivity contribution is 7.17. The maximum atomic E-state index is 12.4. The Morgan fingerprint density at radius 1 is 1.38 bits per heavy atom. The van der Waals surface area contributed by atoms with Gasteiger partial charge in [0.25, 0.3) is 0 Å². The third kappa shape index (κ3) is 2.69. The third-order valence-electron chi connectivity index (χ3n) is 5.04. The standard InChI is InChI=1S/C16H21N5O2S/c1-16(23-2)9-12(16)19-15(22)21-6-4-20(5-7-21)14-13-11(3-8-24-13)17-10-18-14/h3,8,10,12H,4-7,9H2,1-2H3,(H,19,22)/t12-,16+/m1/s1. The monoisotopic (exact) mass is 347 g/mol. The lowest BCUT2D eigenvalue weighted by atomic mass is 10.3. The van der Waals surface area contributed by atoms with Crippen molar-refractivity contribution in [1.82, 2.24) is 20.2 Å². The number of fused-ring (bicyclic) bond motifs is 1. The van der Waals surface area contributed by atoms with Gasteiger partial charge in [0.15, 0.2) is 0 Å². The summed E-state index contributed by atoms with van der Waals surface area (Å²) in [4.78, 5) is 25.2. The molecule has 0 radical (unpaired) electrons.